The van der Waals surface area contributed by atoms with Crippen molar-refractivity contribution in [2.45, 2.75) is 19.4 Å². The van der Waals surface area contributed by atoms with Gasteiger partial charge in [-0.2, -0.15) is 0 Å². The standard InChI is InChI=1S/C16H16Br2FN/c1-2-8-20-16(11-4-3-5-12(17)9-11)14-10-13(18)6-7-15(14)19/h3-7,9-10,16,20H,2,8H2,1H3. The van der Waals surface area contributed by atoms with Crippen molar-refractivity contribution in [1.82, 2.24) is 5.32 Å². The minimum absolute atomic E-state index is 0.148. The fourth-order valence-electron chi connectivity index (χ4n) is 2.12. The first-order valence-electron chi connectivity index (χ1n) is 6.55. The third-order valence-corrected chi connectivity index (χ3v) is 4.04. The summed E-state index contributed by atoms with van der Waals surface area (Å²) in [5.41, 5.74) is 1.70. The van der Waals surface area contributed by atoms with Crippen LogP contribution in [0, 0.1) is 5.82 Å². The molecule has 0 heterocycles. The van der Waals surface area contributed by atoms with E-state index in [1.54, 1.807) is 6.07 Å². The van der Waals surface area contributed by atoms with Gasteiger partial charge in [0.1, 0.15) is 5.82 Å². The van der Waals surface area contributed by atoms with Crippen molar-refractivity contribution in [2.75, 3.05) is 6.54 Å². The summed E-state index contributed by atoms with van der Waals surface area (Å²) in [7, 11) is 0. The molecule has 0 radical (unpaired) electrons. The van der Waals surface area contributed by atoms with Crippen LogP contribution in [0.4, 0.5) is 4.39 Å². The third-order valence-electron chi connectivity index (χ3n) is 3.05. The van der Waals surface area contributed by atoms with Crippen molar-refractivity contribution >= 4 is 31.9 Å². The van der Waals surface area contributed by atoms with Crippen LogP contribution in [0.1, 0.15) is 30.5 Å². The van der Waals surface area contributed by atoms with E-state index in [2.05, 4.69) is 44.1 Å². The zero-order valence-electron chi connectivity index (χ0n) is 11.2. The van der Waals surface area contributed by atoms with E-state index >= 15 is 0 Å². The van der Waals surface area contributed by atoms with Crippen molar-refractivity contribution in [1.29, 1.82) is 0 Å². The van der Waals surface area contributed by atoms with Gasteiger partial charge < -0.3 is 5.32 Å². The first-order valence-corrected chi connectivity index (χ1v) is 8.14. The van der Waals surface area contributed by atoms with Crippen molar-refractivity contribution in [3.8, 4) is 0 Å². The molecule has 4 heteroatoms. The molecule has 2 rings (SSSR count). The SMILES string of the molecule is CCCNC(c1cccc(Br)c1)c1cc(Br)ccc1F. The average molecular weight is 401 g/mol. The van der Waals surface area contributed by atoms with Crippen LogP contribution < -0.4 is 5.32 Å². The molecule has 0 bridgehead atoms. The Morgan fingerprint density at radius 2 is 1.85 bits per heavy atom. The van der Waals surface area contributed by atoms with E-state index in [4.69, 9.17) is 0 Å². The highest BCUT2D eigenvalue weighted by Crippen LogP contribution is 2.28. The van der Waals surface area contributed by atoms with E-state index in [1.165, 1.54) is 6.07 Å². The summed E-state index contributed by atoms with van der Waals surface area (Å²) in [6, 6.07) is 12.9. The first kappa shape index (κ1) is 15.7. The Labute approximate surface area is 135 Å². The summed E-state index contributed by atoms with van der Waals surface area (Å²) in [4.78, 5) is 0. The fourth-order valence-corrected chi connectivity index (χ4v) is 2.91. The van der Waals surface area contributed by atoms with Gasteiger partial charge >= 0.3 is 0 Å². The molecule has 0 amide bonds. The van der Waals surface area contributed by atoms with Gasteiger partial charge in [-0.05, 0) is 48.9 Å². The molecule has 0 aliphatic carbocycles. The molecule has 0 saturated heterocycles. The maximum absolute atomic E-state index is 14.2. The summed E-state index contributed by atoms with van der Waals surface area (Å²) in [5, 5.41) is 3.42. The predicted octanol–water partition coefficient (Wildman–Crippen LogP) is 5.44. The summed E-state index contributed by atoms with van der Waals surface area (Å²) >= 11 is 6.89. The summed E-state index contributed by atoms with van der Waals surface area (Å²) < 4.78 is 16.0. The van der Waals surface area contributed by atoms with Gasteiger partial charge in [-0.25, -0.2) is 4.39 Å². The van der Waals surface area contributed by atoms with E-state index in [0.717, 1.165) is 27.5 Å². The van der Waals surface area contributed by atoms with Gasteiger partial charge in [-0.1, -0.05) is 50.9 Å². The molecule has 0 aliphatic heterocycles. The molecule has 0 fully saturated rings. The zero-order valence-corrected chi connectivity index (χ0v) is 14.3. The Kier molecular flexibility index (Phi) is 5.75. The lowest BCUT2D eigenvalue weighted by Crippen LogP contribution is -2.24. The molecule has 20 heavy (non-hydrogen) atoms. The smallest absolute Gasteiger partial charge is 0.128 e. The molecule has 1 atom stereocenters. The van der Waals surface area contributed by atoms with Crippen molar-refractivity contribution in [3.63, 3.8) is 0 Å². The second-order valence-corrected chi connectivity index (χ2v) is 6.44. The first-order chi connectivity index (χ1) is 9.61. The van der Waals surface area contributed by atoms with Crippen LogP contribution in [0.2, 0.25) is 0 Å². The second-order valence-electron chi connectivity index (χ2n) is 4.61. The predicted molar refractivity (Wildman–Crippen MR) is 88.4 cm³/mol. The third kappa shape index (κ3) is 3.90. The Hall–Kier alpha value is -0.710. The molecule has 106 valence electrons. The van der Waals surface area contributed by atoms with E-state index in [1.807, 2.05) is 30.3 Å². The van der Waals surface area contributed by atoms with Crippen LogP contribution >= 0.6 is 31.9 Å². The van der Waals surface area contributed by atoms with Crippen LogP contribution in [0.5, 0.6) is 0 Å². The molecule has 1 unspecified atom stereocenters. The largest absolute Gasteiger partial charge is 0.306 e. The Morgan fingerprint density at radius 1 is 1.10 bits per heavy atom. The van der Waals surface area contributed by atoms with Crippen molar-refractivity contribution in [2.24, 2.45) is 0 Å². The van der Waals surface area contributed by atoms with Gasteiger partial charge in [-0.3, -0.25) is 0 Å². The summed E-state index contributed by atoms with van der Waals surface area (Å²) in [5.74, 6) is -0.193. The van der Waals surface area contributed by atoms with Crippen LogP contribution in [-0.4, -0.2) is 6.54 Å². The molecular formula is C16H16Br2FN. The number of hydrogen-bond donors (Lipinski definition) is 1. The minimum Gasteiger partial charge on any atom is -0.306 e. The summed E-state index contributed by atoms with van der Waals surface area (Å²) in [6.07, 6.45) is 1.00. The number of hydrogen-bond acceptors (Lipinski definition) is 1. The lowest BCUT2D eigenvalue weighted by Gasteiger charge is -2.20. The molecule has 1 nitrogen and oxygen atoms in total. The Balaban J connectivity index is 2.44. The van der Waals surface area contributed by atoms with Gasteiger partial charge in [0.15, 0.2) is 0 Å². The molecule has 0 spiro atoms. The Bertz CT molecular complexity index is 586. The molecule has 0 aromatic heterocycles. The molecule has 0 saturated carbocycles. The fraction of sp³-hybridized carbons (Fsp3) is 0.250. The normalized spacial score (nSPS) is 12.4. The topological polar surface area (TPSA) is 12.0 Å². The summed E-state index contributed by atoms with van der Waals surface area (Å²) in [6.45, 7) is 2.94. The quantitative estimate of drug-likeness (QED) is 0.704. The lowest BCUT2D eigenvalue weighted by atomic mass is 9.98. The number of rotatable bonds is 5. The molecule has 1 N–H and O–H groups in total. The zero-order chi connectivity index (χ0) is 14.5. The molecular weight excluding hydrogens is 385 g/mol. The van der Waals surface area contributed by atoms with E-state index in [9.17, 15) is 4.39 Å². The van der Waals surface area contributed by atoms with Crippen LogP contribution in [0.3, 0.4) is 0 Å². The van der Waals surface area contributed by atoms with Gasteiger partial charge in [0.05, 0.1) is 6.04 Å². The maximum Gasteiger partial charge on any atom is 0.128 e. The van der Waals surface area contributed by atoms with Gasteiger partial charge in [0.2, 0.25) is 0 Å². The molecule has 0 aliphatic rings. The second kappa shape index (κ2) is 7.34. The van der Waals surface area contributed by atoms with Gasteiger partial charge in [-0.15, -0.1) is 0 Å². The van der Waals surface area contributed by atoms with E-state index in [-0.39, 0.29) is 11.9 Å². The van der Waals surface area contributed by atoms with E-state index < -0.39 is 0 Å². The number of nitrogens with one attached hydrogen (secondary N) is 1. The molecule has 2 aromatic rings. The highest BCUT2D eigenvalue weighted by atomic mass is 79.9. The monoisotopic (exact) mass is 399 g/mol. The van der Waals surface area contributed by atoms with Crippen molar-refractivity contribution in [3.05, 3.63) is 68.4 Å². The Morgan fingerprint density at radius 3 is 2.55 bits per heavy atom. The van der Waals surface area contributed by atoms with Crippen LogP contribution in [-0.2, 0) is 0 Å². The lowest BCUT2D eigenvalue weighted by molar-refractivity contribution is 0.546. The highest BCUT2D eigenvalue weighted by molar-refractivity contribution is 9.10. The number of benzene rings is 2. The van der Waals surface area contributed by atoms with Gasteiger partial charge in [0, 0.05) is 14.5 Å². The van der Waals surface area contributed by atoms with Crippen LogP contribution in [0.25, 0.3) is 0 Å². The van der Waals surface area contributed by atoms with Gasteiger partial charge in [0.25, 0.3) is 0 Å². The average Bonchev–Trinajstić information content (AvgIpc) is 2.43. The molecule has 2 aromatic carbocycles. The highest BCUT2D eigenvalue weighted by Gasteiger charge is 2.17. The van der Waals surface area contributed by atoms with Crippen LogP contribution in [0.15, 0.2) is 51.4 Å². The van der Waals surface area contributed by atoms with E-state index in [0.29, 0.717) is 5.56 Å². The maximum atomic E-state index is 14.2. The minimum atomic E-state index is -0.193. The number of halogens is 3. The van der Waals surface area contributed by atoms with Crippen molar-refractivity contribution < 1.29 is 4.39 Å².